The van der Waals surface area contributed by atoms with Crippen molar-refractivity contribution >= 4 is 26.0 Å². The Balaban J connectivity index is 2.61. The molecule has 164 valence electrons. The average Bonchev–Trinajstić information content (AvgIpc) is 2.56. The van der Waals surface area contributed by atoms with Crippen molar-refractivity contribution in [1.29, 1.82) is 0 Å². The fraction of sp³-hybridized carbons (Fsp3) is 0.824. The zero-order valence-corrected chi connectivity index (χ0v) is 18.3. The van der Waals surface area contributed by atoms with Crippen molar-refractivity contribution < 1.29 is 42.3 Å². The predicted octanol–water partition coefficient (Wildman–Crippen LogP) is 1.46. The first kappa shape index (κ1) is 24.7. The molecule has 0 unspecified atom stereocenters. The van der Waals surface area contributed by atoms with Gasteiger partial charge in [0.15, 0.2) is 0 Å². The summed E-state index contributed by atoms with van der Waals surface area (Å²) in [5, 5.41) is 2.58. The van der Waals surface area contributed by atoms with Crippen molar-refractivity contribution in [3.05, 3.63) is 0 Å². The Morgan fingerprint density at radius 2 is 1.89 bits per heavy atom. The molecule has 0 aliphatic carbocycles. The first-order valence-corrected chi connectivity index (χ1v) is 10.8. The molecular formula is C17H32NO9P. The number of ether oxygens (including phenoxy) is 2. The molecule has 1 fully saturated rings. The average molecular weight is 425 g/mol. The van der Waals surface area contributed by atoms with Crippen LogP contribution < -0.4 is 5.32 Å². The van der Waals surface area contributed by atoms with Crippen LogP contribution in [0.3, 0.4) is 0 Å². The van der Waals surface area contributed by atoms with Gasteiger partial charge in [0, 0.05) is 0 Å². The van der Waals surface area contributed by atoms with Crippen LogP contribution in [0.1, 0.15) is 48.0 Å². The van der Waals surface area contributed by atoms with Crippen LogP contribution in [-0.4, -0.2) is 55.4 Å². The molecule has 1 amide bonds. The molecular weight excluding hydrogens is 393 g/mol. The van der Waals surface area contributed by atoms with Gasteiger partial charge in [0.25, 0.3) is 0 Å². The van der Waals surface area contributed by atoms with Crippen molar-refractivity contribution in [2.24, 2.45) is 10.8 Å². The molecule has 11 heteroatoms. The van der Waals surface area contributed by atoms with E-state index in [1.165, 1.54) is 0 Å². The Morgan fingerprint density at radius 1 is 1.25 bits per heavy atom. The summed E-state index contributed by atoms with van der Waals surface area (Å²) in [4.78, 5) is 46.0. The summed E-state index contributed by atoms with van der Waals surface area (Å²) in [7, 11) is -4.18. The number of carbonyl (C=O) groups is 3. The van der Waals surface area contributed by atoms with Gasteiger partial charge in [-0.2, -0.15) is 0 Å². The van der Waals surface area contributed by atoms with Gasteiger partial charge in [-0.25, -0.2) is 0 Å². The summed E-state index contributed by atoms with van der Waals surface area (Å²) in [5.74, 6) is -1.46. The van der Waals surface area contributed by atoms with E-state index in [1.54, 1.807) is 41.5 Å². The van der Waals surface area contributed by atoms with Gasteiger partial charge in [-0.1, -0.05) is 0 Å². The van der Waals surface area contributed by atoms with Crippen molar-refractivity contribution in [1.82, 2.24) is 5.32 Å². The van der Waals surface area contributed by atoms with Crippen molar-refractivity contribution in [3.8, 4) is 0 Å². The molecule has 1 rings (SSSR count). The van der Waals surface area contributed by atoms with Crippen LogP contribution in [0.25, 0.3) is 0 Å². The van der Waals surface area contributed by atoms with Crippen LogP contribution >= 0.6 is 8.17 Å². The molecule has 1 heterocycles. The topological polar surface area (TPSA) is 130 Å². The second kappa shape index (κ2) is 9.93. The normalized spacial score (nSPS) is 22.0. The summed E-state index contributed by atoms with van der Waals surface area (Å²) in [6.45, 7) is 9.95. The number of nitrogens with one attached hydrogen (secondary N) is 1. The van der Waals surface area contributed by atoms with Crippen LogP contribution in [-0.2, 0) is 37.4 Å². The second-order valence-electron chi connectivity index (χ2n) is 8.09. The standard InChI is InChI=1S/C17H32NO9P/c1-7-23-12(19)8-9-18-14(20)13-17(5,6)10-25-28(22,27-13)26-11-24-15(21)16(2,3)4/h13,22,28H,7-11H2,1-6H3,(H,18,20)/t13-/m0/s1. The minimum atomic E-state index is -4.18. The summed E-state index contributed by atoms with van der Waals surface area (Å²) in [5.41, 5.74) is -1.48. The van der Waals surface area contributed by atoms with E-state index in [-0.39, 0.29) is 26.2 Å². The van der Waals surface area contributed by atoms with Gasteiger partial charge in [-0.3, -0.25) is 0 Å². The molecule has 0 spiro atoms. The summed E-state index contributed by atoms with van der Waals surface area (Å²) >= 11 is 0. The third-order valence-corrected chi connectivity index (χ3v) is 5.34. The first-order valence-electron chi connectivity index (χ1n) is 9.09. The van der Waals surface area contributed by atoms with Gasteiger partial charge in [0.1, 0.15) is 0 Å². The van der Waals surface area contributed by atoms with E-state index in [2.05, 4.69) is 5.32 Å². The number of hydrogen-bond acceptors (Lipinski definition) is 9. The van der Waals surface area contributed by atoms with Crippen LogP contribution in [0.4, 0.5) is 0 Å². The molecule has 1 saturated heterocycles. The number of hydrogen-bond donors (Lipinski definition) is 2. The van der Waals surface area contributed by atoms with E-state index >= 15 is 0 Å². The monoisotopic (exact) mass is 425 g/mol. The van der Waals surface area contributed by atoms with E-state index in [9.17, 15) is 19.3 Å². The minimum absolute atomic E-state index is 0.00109. The molecule has 0 aromatic carbocycles. The second-order valence-corrected chi connectivity index (χ2v) is 9.95. The number of rotatable bonds is 8. The molecule has 1 aliphatic rings. The Hall–Kier alpha value is -1.32. The third-order valence-electron chi connectivity index (χ3n) is 3.82. The van der Waals surface area contributed by atoms with Crippen LogP contribution in [0, 0.1) is 10.8 Å². The number of carbonyl (C=O) groups excluding carboxylic acids is 3. The molecule has 2 N–H and O–H groups in total. The quantitative estimate of drug-likeness (QED) is 0.337. The van der Waals surface area contributed by atoms with Gasteiger partial charge in [-0.05, 0) is 0 Å². The Kier molecular flexibility index (Phi) is 8.77. The van der Waals surface area contributed by atoms with Crippen molar-refractivity contribution in [2.75, 3.05) is 26.6 Å². The molecule has 0 radical (unpaired) electrons. The van der Waals surface area contributed by atoms with Crippen LogP contribution in [0.15, 0.2) is 0 Å². The zero-order chi connectivity index (χ0) is 21.6. The van der Waals surface area contributed by atoms with Gasteiger partial charge in [0.2, 0.25) is 0 Å². The van der Waals surface area contributed by atoms with E-state index in [1.807, 2.05) is 0 Å². The molecule has 1 atom stereocenters. The summed E-state index contributed by atoms with van der Waals surface area (Å²) in [6, 6.07) is 0. The number of amides is 1. The maximum atomic E-state index is 12.5. The molecule has 0 aromatic heterocycles. The molecule has 28 heavy (non-hydrogen) atoms. The SMILES string of the molecule is CCOC(=O)CCNC(=O)[C@@H]1O[PH](O)(OCOC(=O)C(C)(C)C)OCC1(C)C. The third kappa shape index (κ3) is 7.60. The Labute approximate surface area is 165 Å². The van der Waals surface area contributed by atoms with Gasteiger partial charge < -0.3 is 0 Å². The maximum absolute atomic E-state index is 12.5. The van der Waals surface area contributed by atoms with Crippen molar-refractivity contribution in [3.63, 3.8) is 0 Å². The Morgan fingerprint density at radius 3 is 2.46 bits per heavy atom. The summed E-state index contributed by atoms with van der Waals surface area (Å²) in [6.07, 6.45) is -1.05. The molecule has 0 aromatic rings. The van der Waals surface area contributed by atoms with Gasteiger partial charge >= 0.3 is 165 Å². The fourth-order valence-electron chi connectivity index (χ4n) is 2.17. The fourth-order valence-corrected chi connectivity index (χ4v) is 3.87. The van der Waals surface area contributed by atoms with Crippen LogP contribution in [0.5, 0.6) is 0 Å². The van der Waals surface area contributed by atoms with E-state index in [0.717, 1.165) is 0 Å². The number of esters is 2. The molecule has 0 saturated carbocycles. The van der Waals surface area contributed by atoms with Crippen LogP contribution in [0.2, 0.25) is 0 Å². The molecule has 10 nitrogen and oxygen atoms in total. The van der Waals surface area contributed by atoms with E-state index < -0.39 is 49.7 Å². The molecule has 0 bridgehead atoms. The zero-order valence-electron chi connectivity index (χ0n) is 17.3. The van der Waals surface area contributed by atoms with Gasteiger partial charge in [0.05, 0.1) is 0 Å². The Bertz CT molecular complexity index is 575. The molecule has 1 aliphatic heterocycles. The van der Waals surface area contributed by atoms with E-state index in [0.29, 0.717) is 0 Å². The van der Waals surface area contributed by atoms with Crippen molar-refractivity contribution in [2.45, 2.75) is 54.1 Å². The predicted molar refractivity (Wildman–Crippen MR) is 101 cm³/mol. The first-order chi connectivity index (χ1) is 12.8. The van der Waals surface area contributed by atoms with Gasteiger partial charge in [-0.15, -0.1) is 0 Å². The van der Waals surface area contributed by atoms with E-state index in [4.69, 9.17) is 23.0 Å². The summed E-state index contributed by atoms with van der Waals surface area (Å²) < 4.78 is 25.6.